The van der Waals surface area contributed by atoms with E-state index in [1.54, 1.807) is 50.6 Å². The van der Waals surface area contributed by atoms with E-state index in [9.17, 15) is 18.0 Å². The fraction of sp³-hybridized carbons (Fsp3) is 0.154. The quantitative estimate of drug-likeness (QED) is 0.270. The number of carbonyl (C=O) groups is 1. The lowest BCUT2D eigenvalue weighted by Gasteiger charge is -2.16. The van der Waals surface area contributed by atoms with Crippen molar-refractivity contribution in [3.63, 3.8) is 0 Å². The van der Waals surface area contributed by atoms with Gasteiger partial charge in [0.1, 0.15) is 5.75 Å². The van der Waals surface area contributed by atoms with Crippen molar-refractivity contribution in [2.75, 3.05) is 23.0 Å². The van der Waals surface area contributed by atoms with Crippen LogP contribution in [0.15, 0.2) is 67.0 Å². The van der Waals surface area contributed by atoms with Gasteiger partial charge in [-0.25, -0.2) is 19.7 Å². The molecular formula is C26H23F3N6O2. The van der Waals surface area contributed by atoms with Gasteiger partial charge in [0.15, 0.2) is 0 Å². The van der Waals surface area contributed by atoms with Gasteiger partial charge in [-0.3, -0.25) is 0 Å². The van der Waals surface area contributed by atoms with Crippen molar-refractivity contribution in [2.45, 2.75) is 20.0 Å². The van der Waals surface area contributed by atoms with Crippen LogP contribution < -0.4 is 20.7 Å². The van der Waals surface area contributed by atoms with E-state index >= 15 is 0 Å². The van der Waals surface area contributed by atoms with Crippen LogP contribution in [0.3, 0.4) is 0 Å². The Labute approximate surface area is 211 Å². The minimum absolute atomic E-state index is 0.0236. The minimum Gasteiger partial charge on any atom is -0.438 e. The van der Waals surface area contributed by atoms with Gasteiger partial charge in [0, 0.05) is 30.8 Å². The first-order valence-electron chi connectivity index (χ1n) is 11.1. The Morgan fingerprint density at radius 2 is 1.73 bits per heavy atom. The highest BCUT2D eigenvalue weighted by atomic mass is 19.4. The number of anilines is 3. The zero-order chi connectivity index (χ0) is 26.6. The van der Waals surface area contributed by atoms with E-state index in [1.807, 2.05) is 13.0 Å². The Kier molecular flexibility index (Phi) is 7.23. The molecule has 0 bridgehead atoms. The standard InChI is InChI=1S/C26H23F3N6O2/c1-15-16(2)22(37-23-19(8-5-12-31-23)21-11-13-32-24(30-3)34-21)10-9-20(15)35-25(36)33-18-7-4-6-17(14-18)26(27,28)29/h4-14H,1-3H3,(H,30,32,34)(H2,33,35,36). The summed E-state index contributed by atoms with van der Waals surface area (Å²) in [6, 6.07) is 12.4. The van der Waals surface area contributed by atoms with Crippen LogP contribution in [0, 0.1) is 13.8 Å². The fourth-order valence-electron chi connectivity index (χ4n) is 3.50. The third kappa shape index (κ3) is 5.95. The molecule has 0 aliphatic carbocycles. The molecule has 0 atom stereocenters. The maximum Gasteiger partial charge on any atom is 0.416 e. The zero-order valence-corrected chi connectivity index (χ0v) is 20.1. The molecule has 2 amide bonds. The Morgan fingerprint density at radius 3 is 2.49 bits per heavy atom. The van der Waals surface area contributed by atoms with Gasteiger partial charge in [-0.1, -0.05) is 6.07 Å². The summed E-state index contributed by atoms with van der Waals surface area (Å²) < 4.78 is 45.0. The molecule has 2 aromatic heterocycles. The summed E-state index contributed by atoms with van der Waals surface area (Å²) in [5.74, 6) is 1.32. The molecule has 0 radical (unpaired) electrons. The molecule has 190 valence electrons. The highest BCUT2D eigenvalue weighted by molar-refractivity contribution is 6.00. The first-order valence-corrected chi connectivity index (χ1v) is 11.1. The minimum atomic E-state index is -4.51. The van der Waals surface area contributed by atoms with E-state index in [1.165, 1.54) is 12.1 Å². The van der Waals surface area contributed by atoms with E-state index in [2.05, 4.69) is 30.9 Å². The number of aromatic nitrogens is 3. The average molecular weight is 509 g/mol. The van der Waals surface area contributed by atoms with Crippen LogP contribution in [-0.4, -0.2) is 28.0 Å². The molecule has 11 heteroatoms. The number of hydrogen-bond acceptors (Lipinski definition) is 6. The van der Waals surface area contributed by atoms with Gasteiger partial charge < -0.3 is 20.7 Å². The lowest BCUT2D eigenvalue weighted by molar-refractivity contribution is -0.137. The van der Waals surface area contributed by atoms with Gasteiger partial charge in [0.05, 0.1) is 16.8 Å². The third-order valence-corrected chi connectivity index (χ3v) is 5.57. The van der Waals surface area contributed by atoms with E-state index in [0.717, 1.165) is 17.7 Å². The summed E-state index contributed by atoms with van der Waals surface area (Å²) in [7, 11) is 1.72. The lowest BCUT2D eigenvalue weighted by Crippen LogP contribution is -2.20. The van der Waals surface area contributed by atoms with Crippen molar-refractivity contribution in [1.29, 1.82) is 0 Å². The molecule has 0 aliphatic heterocycles. The second kappa shape index (κ2) is 10.5. The number of benzene rings is 2. The molecule has 0 unspecified atom stereocenters. The third-order valence-electron chi connectivity index (χ3n) is 5.57. The van der Waals surface area contributed by atoms with Crippen molar-refractivity contribution >= 4 is 23.4 Å². The second-order valence-electron chi connectivity index (χ2n) is 7.99. The zero-order valence-electron chi connectivity index (χ0n) is 20.1. The predicted molar refractivity (Wildman–Crippen MR) is 135 cm³/mol. The molecule has 0 spiro atoms. The summed E-state index contributed by atoms with van der Waals surface area (Å²) in [4.78, 5) is 25.4. The van der Waals surface area contributed by atoms with Crippen molar-refractivity contribution in [3.8, 4) is 22.9 Å². The summed E-state index contributed by atoms with van der Waals surface area (Å²) in [5, 5.41) is 8.00. The highest BCUT2D eigenvalue weighted by Gasteiger charge is 2.30. The average Bonchev–Trinajstić information content (AvgIpc) is 2.88. The smallest absolute Gasteiger partial charge is 0.416 e. The molecule has 2 heterocycles. The number of pyridine rings is 1. The molecule has 0 saturated carbocycles. The number of hydrogen-bond donors (Lipinski definition) is 3. The Hall–Kier alpha value is -4.67. The van der Waals surface area contributed by atoms with Crippen LogP contribution in [-0.2, 0) is 6.18 Å². The van der Waals surface area contributed by atoms with E-state index < -0.39 is 17.8 Å². The number of ether oxygens (including phenoxy) is 1. The molecule has 0 saturated heterocycles. The monoisotopic (exact) mass is 508 g/mol. The molecule has 37 heavy (non-hydrogen) atoms. The van der Waals surface area contributed by atoms with Gasteiger partial charge in [-0.2, -0.15) is 13.2 Å². The number of amides is 2. The number of nitrogens with zero attached hydrogens (tertiary/aromatic N) is 3. The number of alkyl halides is 3. The Bertz CT molecular complexity index is 1440. The number of halogens is 3. The maximum atomic E-state index is 12.9. The fourth-order valence-corrected chi connectivity index (χ4v) is 3.50. The molecule has 2 aromatic carbocycles. The van der Waals surface area contributed by atoms with Crippen LogP contribution in [0.25, 0.3) is 11.3 Å². The van der Waals surface area contributed by atoms with E-state index in [-0.39, 0.29) is 5.69 Å². The van der Waals surface area contributed by atoms with Crippen LogP contribution in [0.4, 0.5) is 35.3 Å². The molecule has 4 rings (SSSR count). The van der Waals surface area contributed by atoms with E-state index in [4.69, 9.17) is 4.74 Å². The second-order valence-corrected chi connectivity index (χ2v) is 7.99. The topological polar surface area (TPSA) is 101 Å². The molecule has 8 nitrogen and oxygen atoms in total. The highest BCUT2D eigenvalue weighted by Crippen LogP contribution is 2.35. The first-order chi connectivity index (χ1) is 17.7. The molecule has 0 aliphatic rings. The van der Waals surface area contributed by atoms with Crippen LogP contribution in [0.1, 0.15) is 16.7 Å². The first kappa shape index (κ1) is 25.4. The van der Waals surface area contributed by atoms with Gasteiger partial charge in [-0.05, 0) is 73.5 Å². The van der Waals surface area contributed by atoms with Crippen molar-refractivity contribution in [1.82, 2.24) is 15.0 Å². The summed E-state index contributed by atoms with van der Waals surface area (Å²) in [5.41, 5.74) is 2.40. The summed E-state index contributed by atoms with van der Waals surface area (Å²) >= 11 is 0. The lowest BCUT2D eigenvalue weighted by atomic mass is 10.1. The van der Waals surface area contributed by atoms with Gasteiger partial charge in [0.2, 0.25) is 11.8 Å². The van der Waals surface area contributed by atoms with Gasteiger partial charge in [-0.15, -0.1) is 0 Å². The summed E-state index contributed by atoms with van der Waals surface area (Å²) in [6.45, 7) is 3.62. The van der Waals surface area contributed by atoms with Gasteiger partial charge >= 0.3 is 12.2 Å². The Morgan fingerprint density at radius 1 is 0.919 bits per heavy atom. The van der Waals surface area contributed by atoms with Crippen molar-refractivity contribution in [3.05, 3.63) is 83.7 Å². The largest absolute Gasteiger partial charge is 0.438 e. The van der Waals surface area contributed by atoms with Gasteiger partial charge in [0.25, 0.3) is 0 Å². The van der Waals surface area contributed by atoms with Crippen LogP contribution >= 0.6 is 0 Å². The molecule has 0 fully saturated rings. The Balaban J connectivity index is 1.52. The molecule has 4 aromatic rings. The van der Waals surface area contributed by atoms with Crippen molar-refractivity contribution < 1.29 is 22.7 Å². The maximum absolute atomic E-state index is 12.9. The predicted octanol–water partition coefficient (Wildman–Crippen LogP) is 6.65. The van der Waals surface area contributed by atoms with E-state index in [0.29, 0.717) is 40.1 Å². The molecule has 3 N–H and O–H groups in total. The number of nitrogens with one attached hydrogen (secondary N) is 3. The number of rotatable bonds is 6. The van der Waals surface area contributed by atoms with Crippen LogP contribution in [0.5, 0.6) is 11.6 Å². The van der Waals surface area contributed by atoms with Crippen LogP contribution in [0.2, 0.25) is 0 Å². The molecular weight excluding hydrogens is 485 g/mol. The number of urea groups is 1. The van der Waals surface area contributed by atoms with Crippen molar-refractivity contribution in [2.24, 2.45) is 0 Å². The SMILES string of the molecule is CNc1nccc(-c2cccnc2Oc2ccc(NC(=O)Nc3cccc(C(F)(F)F)c3)c(C)c2C)n1. The summed E-state index contributed by atoms with van der Waals surface area (Å²) in [6.07, 6.45) is -1.27. The normalized spacial score (nSPS) is 11.1. The number of carbonyl (C=O) groups excluding carboxylic acids is 1.